The fourth-order valence-electron chi connectivity index (χ4n) is 0.900. The van der Waals surface area contributed by atoms with Gasteiger partial charge < -0.3 is 3.07 Å². The Bertz CT molecular complexity index is 285. The number of rotatable bonds is 2. The lowest BCUT2D eigenvalue weighted by atomic mass is 10.1. The molecule has 0 atom stereocenters. The summed E-state index contributed by atoms with van der Waals surface area (Å²) in [6.07, 6.45) is -4.28. The molecule has 0 aliphatic carbocycles. The van der Waals surface area contributed by atoms with Crippen LogP contribution >= 0.6 is 23.0 Å². The van der Waals surface area contributed by atoms with Crippen molar-refractivity contribution in [2.24, 2.45) is 0 Å². The summed E-state index contributed by atoms with van der Waals surface area (Å²) in [6, 6.07) is 5.08. The fourth-order valence-corrected chi connectivity index (χ4v) is 1.26. The molecule has 0 fully saturated rings. The van der Waals surface area contributed by atoms with Gasteiger partial charge in [-0.3, -0.25) is 0 Å². The third-order valence-electron chi connectivity index (χ3n) is 1.48. The monoisotopic (exact) mass is 302 g/mol. The Labute approximate surface area is 87.6 Å². The van der Waals surface area contributed by atoms with Crippen LogP contribution in [-0.2, 0) is 15.8 Å². The predicted molar refractivity (Wildman–Crippen MR) is 50.3 cm³/mol. The summed E-state index contributed by atoms with van der Waals surface area (Å²) in [5, 5.41) is 0. The van der Waals surface area contributed by atoms with Gasteiger partial charge in [-0.15, -0.1) is 0 Å². The van der Waals surface area contributed by atoms with Gasteiger partial charge in [0.25, 0.3) is 0 Å². The largest absolute Gasteiger partial charge is 0.416 e. The first-order valence-electron chi connectivity index (χ1n) is 3.43. The zero-order chi connectivity index (χ0) is 9.90. The normalized spacial score (nSPS) is 11.7. The van der Waals surface area contributed by atoms with Crippen LogP contribution in [-0.4, -0.2) is 0 Å². The van der Waals surface area contributed by atoms with E-state index in [1.165, 1.54) is 6.07 Å². The zero-order valence-corrected chi connectivity index (χ0v) is 8.59. The SMILES string of the molecule is FC(F)(F)c1cccc(COI)c1. The molecule has 1 rings (SSSR count). The molecular formula is C8H6F3IO. The van der Waals surface area contributed by atoms with E-state index in [1.54, 1.807) is 29.1 Å². The molecule has 0 amide bonds. The van der Waals surface area contributed by atoms with E-state index < -0.39 is 11.7 Å². The number of halogens is 4. The summed E-state index contributed by atoms with van der Waals surface area (Å²) < 4.78 is 41.2. The van der Waals surface area contributed by atoms with Gasteiger partial charge in [-0.2, -0.15) is 13.2 Å². The second-order valence-electron chi connectivity index (χ2n) is 2.45. The van der Waals surface area contributed by atoms with Crippen molar-refractivity contribution in [1.29, 1.82) is 0 Å². The maximum absolute atomic E-state index is 12.2. The summed E-state index contributed by atoms with van der Waals surface area (Å²) >= 11 is 1.64. The van der Waals surface area contributed by atoms with E-state index in [-0.39, 0.29) is 6.61 Å². The minimum atomic E-state index is -4.28. The second kappa shape index (κ2) is 4.28. The van der Waals surface area contributed by atoms with Crippen molar-refractivity contribution >= 4 is 23.0 Å². The lowest BCUT2D eigenvalue weighted by molar-refractivity contribution is -0.137. The second-order valence-corrected chi connectivity index (χ2v) is 3.07. The van der Waals surface area contributed by atoms with Gasteiger partial charge in [0, 0.05) is 0 Å². The quantitative estimate of drug-likeness (QED) is 0.759. The molecule has 0 aliphatic rings. The van der Waals surface area contributed by atoms with Crippen LogP contribution < -0.4 is 0 Å². The molecule has 0 aliphatic heterocycles. The fraction of sp³-hybridized carbons (Fsp3) is 0.250. The smallest absolute Gasteiger partial charge is 0.311 e. The summed E-state index contributed by atoms with van der Waals surface area (Å²) in [4.78, 5) is 0. The lowest BCUT2D eigenvalue weighted by Gasteiger charge is -2.07. The maximum atomic E-state index is 12.2. The van der Waals surface area contributed by atoms with E-state index in [2.05, 4.69) is 0 Å². The molecule has 13 heavy (non-hydrogen) atoms. The third-order valence-corrected chi connectivity index (χ3v) is 1.79. The molecule has 0 spiro atoms. The lowest BCUT2D eigenvalue weighted by Crippen LogP contribution is -2.05. The molecule has 5 heteroatoms. The maximum Gasteiger partial charge on any atom is 0.416 e. The molecule has 1 aromatic rings. The highest BCUT2D eigenvalue weighted by Gasteiger charge is 2.30. The van der Waals surface area contributed by atoms with Gasteiger partial charge in [-0.1, -0.05) is 12.1 Å². The van der Waals surface area contributed by atoms with E-state index in [1.807, 2.05) is 0 Å². The summed E-state index contributed by atoms with van der Waals surface area (Å²) in [7, 11) is 0. The Hall–Kier alpha value is -0.300. The standard InChI is InChI=1S/C8H6F3IO/c9-8(10,11)7-3-1-2-6(4-7)5-13-12/h1-4H,5H2. The van der Waals surface area contributed by atoms with Gasteiger partial charge in [0.15, 0.2) is 0 Å². The predicted octanol–water partition coefficient (Wildman–Crippen LogP) is 3.57. The van der Waals surface area contributed by atoms with Crippen molar-refractivity contribution in [2.45, 2.75) is 12.8 Å². The van der Waals surface area contributed by atoms with Crippen LogP contribution in [0.4, 0.5) is 13.2 Å². The minimum absolute atomic E-state index is 0.185. The Morgan fingerprint density at radius 2 is 2.00 bits per heavy atom. The van der Waals surface area contributed by atoms with E-state index in [9.17, 15) is 13.2 Å². The van der Waals surface area contributed by atoms with Crippen LogP contribution in [0.1, 0.15) is 11.1 Å². The Morgan fingerprint density at radius 1 is 1.31 bits per heavy atom. The molecule has 0 radical (unpaired) electrons. The molecule has 0 heterocycles. The first-order valence-corrected chi connectivity index (χ1v) is 4.32. The zero-order valence-electron chi connectivity index (χ0n) is 6.44. The van der Waals surface area contributed by atoms with Gasteiger partial charge in [-0.05, 0) is 17.7 Å². The van der Waals surface area contributed by atoms with Crippen LogP contribution in [0.15, 0.2) is 24.3 Å². The van der Waals surface area contributed by atoms with Crippen molar-refractivity contribution in [3.05, 3.63) is 35.4 Å². The Balaban J connectivity index is 2.92. The van der Waals surface area contributed by atoms with Gasteiger partial charge in [0.05, 0.1) is 12.2 Å². The average molecular weight is 302 g/mol. The molecular weight excluding hydrogens is 296 g/mol. The number of hydrogen-bond donors (Lipinski definition) is 0. The van der Waals surface area contributed by atoms with Gasteiger partial charge in [-0.25, -0.2) is 0 Å². The molecule has 1 aromatic carbocycles. The average Bonchev–Trinajstić information content (AvgIpc) is 2.04. The molecule has 0 bridgehead atoms. The van der Waals surface area contributed by atoms with Crippen LogP contribution in [0.3, 0.4) is 0 Å². The number of benzene rings is 1. The minimum Gasteiger partial charge on any atom is -0.311 e. The van der Waals surface area contributed by atoms with Gasteiger partial charge in [0.2, 0.25) is 0 Å². The molecule has 72 valence electrons. The van der Waals surface area contributed by atoms with Crippen LogP contribution in [0.2, 0.25) is 0 Å². The van der Waals surface area contributed by atoms with Gasteiger partial charge >= 0.3 is 6.18 Å². The number of hydrogen-bond acceptors (Lipinski definition) is 1. The molecule has 0 saturated heterocycles. The summed E-state index contributed by atoms with van der Waals surface area (Å²) in [5.74, 6) is 0. The topological polar surface area (TPSA) is 9.23 Å². The van der Waals surface area contributed by atoms with Crippen LogP contribution in [0, 0.1) is 0 Å². The summed E-state index contributed by atoms with van der Waals surface area (Å²) in [6.45, 7) is 0.185. The van der Waals surface area contributed by atoms with Crippen molar-refractivity contribution in [3.8, 4) is 0 Å². The summed E-state index contributed by atoms with van der Waals surface area (Å²) in [5.41, 5.74) is -0.123. The molecule has 1 nitrogen and oxygen atoms in total. The van der Waals surface area contributed by atoms with Crippen molar-refractivity contribution in [1.82, 2.24) is 0 Å². The third kappa shape index (κ3) is 3.15. The molecule has 0 unspecified atom stereocenters. The van der Waals surface area contributed by atoms with E-state index in [4.69, 9.17) is 3.07 Å². The van der Waals surface area contributed by atoms with Gasteiger partial charge in [0.1, 0.15) is 23.0 Å². The van der Waals surface area contributed by atoms with E-state index in [0.717, 1.165) is 12.1 Å². The van der Waals surface area contributed by atoms with Crippen molar-refractivity contribution in [3.63, 3.8) is 0 Å². The molecule has 0 aromatic heterocycles. The Kier molecular flexibility index (Phi) is 3.55. The van der Waals surface area contributed by atoms with Crippen molar-refractivity contribution in [2.75, 3.05) is 0 Å². The van der Waals surface area contributed by atoms with E-state index in [0.29, 0.717) is 5.56 Å². The number of alkyl halides is 3. The highest BCUT2D eigenvalue weighted by molar-refractivity contribution is 14.1. The first kappa shape index (κ1) is 10.8. The Morgan fingerprint density at radius 3 is 2.54 bits per heavy atom. The van der Waals surface area contributed by atoms with Crippen LogP contribution in [0.25, 0.3) is 0 Å². The van der Waals surface area contributed by atoms with Crippen LogP contribution in [0.5, 0.6) is 0 Å². The van der Waals surface area contributed by atoms with E-state index >= 15 is 0 Å². The highest BCUT2D eigenvalue weighted by Crippen LogP contribution is 2.29. The first-order chi connectivity index (χ1) is 6.04. The highest BCUT2D eigenvalue weighted by atomic mass is 127. The van der Waals surface area contributed by atoms with Crippen molar-refractivity contribution < 1.29 is 16.2 Å². The molecule has 0 N–H and O–H groups in total. The molecule has 0 saturated carbocycles.